The third kappa shape index (κ3) is 3.94. The summed E-state index contributed by atoms with van der Waals surface area (Å²) < 4.78 is 5.42. The molecule has 0 aromatic heterocycles. The molecule has 0 bridgehead atoms. The van der Waals surface area contributed by atoms with E-state index < -0.39 is 0 Å². The van der Waals surface area contributed by atoms with Crippen molar-refractivity contribution in [1.29, 1.82) is 0 Å². The molecule has 1 aliphatic rings. The Morgan fingerprint density at radius 1 is 1.18 bits per heavy atom. The van der Waals surface area contributed by atoms with Crippen LogP contribution in [0.2, 0.25) is 0 Å². The number of hydrogen-bond acceptors (Lipinski definition) is 3. The standard InChI is InChI=1S/C14H30N2O/c1-5-12(6-2)11-13(15)14(3,4)16-7-9-17-10-8-16/h12-13H,5-11,15H2,1-4H3. The third-order valence-corrected chi connectivity index (χ3v) is 4.48. The second kappa shape index (κ2) is 6.72. The minimum atomic E-state index is 0.0897. The lowest BCUT2D eigenvalue weighted by Gasteiger charge is -2.45. The van der Waals surface area contributed by atoms with E-state index in [1.54, 1.807) is 0 Å². The molecule has 1 atom stereocenters. The fourth-order valence-corrected chi connectivity index (χ4v) is 2.64. The highest BCUT2D eigenvalue weighted by Gasteiger charge is 2.34. The van der Waals surface area contributed by atoms with E-state index in [1.165, 1.54) is 12.8 Å². The van der Waals surface area contributed by atoms with Crippen molar-refractivity contribution in [2.75, 3.05) is 26.3 Å². The molecule has 0 saturated carbocycles. The molecule has 3 heteroatoms. The third-order valence-electron chi connectivity index (χ3n) is 4.48. The number of ether oxygens (including phenoxy) is 1. The molecule has 0 aromatic carbocycles. The molecule has 1 rings (SSSR count). The lowest BCUT2D eigenvalue weighted by molar-refractivity contribution is -0.0213. The van der Waals surface area contributed by atoms with Gasteiger partial charge in [-0.05, 0) is 26.2 Å². The van der Waals surface area contributed by atoms with Gasteiger partial charge in [0, 0.05) is 24.7 Å². The number of hydrogen-bond donors (Lipinski definition) is 1. The first kappa shape index (κ1) is 14.9. The Hall–Kier alpha value is -0.120. The average molecular weight is 242 g/mol. The van der Waals surface area contributed by atoms with Crippen molar-refractivity contribution in [3.05, 3.63) is 0 Å². The van der Waals surface area contributed by atoms with Crippen LogP contribution in [0.4, 0.5) is 0 Å². The molecular formula is C14H30N2O. The van der Waals surface area contributed by atoms with Crippen LogP contribution in [0, 0.1) is 5.92 Å². The Labute approximate surface area is 107 Å². The molecular weight excluding hydrogens is 212 g/mol. The molecule has 0 spiro atoms. The monoisotopic (exact) mass is 242 g/mol. The summed E-state index contributed by atoms with van der Waals surface area (Å²) in [6.07, 6.45) is 3.62. The van der Waals surface area contributed by atoms with Crippen molar-refractivity contribution in [2.45, 2.75) is 58.5 Å². The number of rotatable bonds is 6. The molecule has 0 aromatic rings. The lowest BCUT2D eigenvalue weighted by Crippen LogP contribution is -2.59. The van der Waals surface area contributed by atoms with Gasteiger partial charge in [0.25, 0.3) is 0 Å². The van der Waals surface area contributed by atoms with Crippen LogP contribution in [0.5, 0.6) is 0 Å². The molecule has 17 heavy (non-hydrogen) atoms. The van der Waals surface area contributed by atoms with Crippen LogP contribution in [0.15, 0.2) is 0 Å². The van der Waals surface area contributed by atoms with Gasteiger partial charge in [-0.3, -0.25) is 4.90 Å². The minimum Gasteiger partial charge on any atom is -0.379 e. The highest BCUT2D eigenvalue weighted by atomic mass is 16.5. The Morgan fingerprint density at radius 2 is 1.71 bits per heavy atom. The van der Waals surface area contributed by atoms with Gasteiger partial charge in [-0.1, -0.05) is 26.7 Å². The van der Waals surface area contributed by atoms with Gasteiger partial charge in [0.05, 0.1) is 13.2 Å². The van der Waals surface area contributed by atoms with Crippen molar-refractivity contribution >= 4 is 0 Å². The largest absolute Gasteiger partial charge is 0.379 e. The van der Waals surface area contributed by atoms with Gasteiger partial charge in [-0.2, -0.15) is 0 Å². The van der Waals surface area contributed by atoms with Gasteiger partial charge in [-0.15, -0.1) is 0 Å². The molecule has 2 N–H and O–H groups in total. The van der Waals surface area contributed by atoms with Crippen molar-refractivity contribution in [3.8, 4) is 0 Å². The topological polar surface area (TPSA) is 38.5 Å². The first-order chi connectivity index (χ1) is 8.02. The normalized spacial score (nSPS) is 20.8. The van der Waals surface area contributed by atoms with Crippen LogP contribution in [-0.4, -0.2) is 42.8 Å². The summed E-state index contributed by atoms with van der Waals surface area (Å²) in [6, 6.07) is 0.255. The smallest absolute Gasteiger partial charge is 0.0594 e. The molecule has 0 radical (unpaired) electrons. The average Bonchev–Trinajstić information content (AvgIpc) is 2.36. The number of morpholine rings is 1. The van der Waals surface area contributed by atoms with E-state index in [-0.39, 0.29) is 11.6 Å². The Balaban J connectivity index is 2.54. The minimum absolute atomic E-state index is 0.0897. The van der Waals surface area contributed by atoms with E-state index in [2.05, 4.69) is 32.6 Å². The SMILES string of the molecule is CCC(CC)CC(N)C(C)(C)N1CCOCC1. The van der Waals surface area contributed by atoms with Gasteiger partial charge in [0.15, 0.2) is 0 Å². The van der Waals surface area contributed by atoms with Crippen molar-refractivity contribution in [1.82, 2.24) is 4.90 Å². The second-order valence-electron chi connectivity index (χ2n) is 5.78. The van der Waals surface area contributed by atoms with Crippen LogP contribution in [0.1, 0.15) is 47.0 Å². The maximum atomic E-state index is 6.45. The van der Waals surface area contributed by atoms with Gasteiger partial charge in [0.2, 0.25) is 0 Å². The summed E-state index contributed by atoms with van der Waals surface area (Å²) in [5, 5.41) is 0. The summed E-state index contributed by atoms with van der Waals surface area (Å²) in [5.74, 6) is 0.769. The van der Waals surface area contributed by atoms with E-state index >= 15 is 0 Å². The maximum Gasteiger partial charge on any atom is 0.0594 e. The van der Waals surface area contributed by atoms with E-state index in [1.807, 2.05) is 0 Å². The molecule has 1 fully saturated rings. The zero-order chi connectivity index (χ0) is 12.9. The fourth-order valence-electron chi connectivity index (χ4n) is 2.64. The van der Waals surface area contributed by atoms with E-state index in [4.69, 9.17) is 10.5 Å². The van der Waals surface area contributed by atoms with Crippen LogP contribution < -0.4 is 5.73 Å². The van der Waals surface area contributed by atoms with Gasteiger partial charge >= 0.3 is 0 Å². The highest BCUT2D eigenvalue weighted by molar-refractivity contribution is 4.93. The molecule has 1 saturated heterocycles. The molecule has 1 unspecified atom stereocenters. The van der Waals surface area contributed by atoms with Crippen molar-refractivity contribution < 1.29 is 4.74 Å². The highest BCUT2D eigenvalue weighted by Crippen LogP contribution is 2.25. The first-order valence-corrected chi connectivity index (χ1v) is 7.10. The molecule has 0 amide bonds. The van der Waals surface area contributed by atoms with Gasteiger partial charge in [0.1, 0.15) is 0 Å². The zero-order valence-electron chi connectivity index (χ0n) is 12.0. The van der Waals surface area contributed by atoms with Crippen LogP contribution >= 0.6 is 0 Å². The van der Waals surface area contributed by atoms with Crippen molar-refractivity contribution in [3.63, 3.8) is 0 Å². The van der Waals surface area contributed by atoms with Gasteiger partial charge in [-0.25, -0.2) is 0 Å². The number of nitrogens with zero attached hydrogens (tertiary/aromatic N) is 1. The Morgan fingerprint density at radius 3 is 2.18 bits per heavy atom. The van der Waals surface area contributed by atoms with E-state index in [9.17, 15) is 0 Å². The van der Waals surface area contributed by atoms with Crippen LogP contribution in [0.25, 0.3) is 0 Å². The molecule has 1 heterocycles. The lowest BCUT2D eigenvalue weighted by atomic mass is 9.84. The fraction of sp³-hybridized carbons (Fsp3) is 1.00. The number of nitrogens with two attached hydrogens (primary N) is 1. The summed E-state index contributed by atoms with van der Waals surface area (Å²) in [4.78, 5) is 2.49. The predicted octanol–water partition coefficient (Wildman–Crippen LogP) is 2.25. The van der Waals surface area contributed by atoms with E-state index in [0.717, 1.165) is 38.6 Å². The maximum absolute atomic E-state index is 6.45. The van der Waals surface area contributed by atoms with Crippen LogP contribution in [0.3, 0.4) is 0 Å². The summed E-state index contributed by atoms with van der Waals surface area (Å²) in [5.41, 5.74) is 6.54. The Kier molecular flexibility index (Phi) is 5.90. The molecule has 102 valence electrons. The Bertz CT molecular complexity index is 208. The van der Waals surface area contributed by atoms with Crippen molar-refractivity contribution in [2.24, 2.45) is 11.7 Å². The molecule has 1 aliphatic heterocycles. The second-order valence-corrected chi connectivity index (χ2v) is 5.78. The predicted molar refractivity (Wildman–Crippen MR) is 73.1 cm³/mol. The summed E-state index contributed by atoms with van der Waals surface area (Å²) >= 11 is 0. The van der Waals surface area contributed by atoms with Crippen LogP contribution in [-0.2, 0) is 4.74 Å². The molecule has 0 aliphatic carbocycles. The van der Waals surface area contributed by atoms with Gasteiger partial charge < -0.3 is 10.5 Å². The zero-order valence-corrected chi connectivity index (χ0v) is 12.0. The first-order valence-electron chi connectivity index (χ1n) is 7.10. The summed E-state index contributed by atoms with van der Waals surface area (Å²) in [6.45, 7) is 12.8. The quantitative estimate of drug-likeness (QED) is 0.776. The van der Waals surface area contributed by atoms with E-state index in [0.29, 0.717) is 0 Å². The summed E-state index contributed by atoms with van der Waals surface area (Å²) in [7, 11) is 0. The molecule has 3 nitrogen and oxygen atoms in total.